The van der Waals surface area contributed by atoms with Crippen molar-refractivity contribution in [3.63, 3.8) is 0 Å². The second-order valence-electron chi connectivity index (χ2n) is 9.36. The van der Waals surface area contributed by atoms with Crippen molar-refractivity contribution >= 4 is 26.9 Å². The van der Waals surface area contributed by atoms with Gasteiger partial charge in [-0.05, 0) is 70.2 Å². The standard InChI is InChI=1S/C25H30FN3O6S/c1-15(2)34-18-6-8-19(9-7-18)36(32,33)28-13-23(24(30)14-28)29-22-11-17(26)5-10-20(22)21(27-29)12-25(31)35-16(3)4/h5-11,15-16,23-24,30H,12-14H2,1-4H3/t23-,24-/m0/s1. The monoisotopic (exact) mass is 519 g/mol. The first-order valence-corrected chi connectivity index (χ1v) is 13.2. The summed E-state index contributed by atoms with van der Waals surface area (Å²) in [5.41, 5.74) is 0.728. The average Bonchev–Trinajstić information content (AvgIpc) is 3.33. The first kappa shape index (κ1) is 26.1. The van der Waals surface area contributed by atoms with Crippen LogP contribution in [0.4, 0.5) is 4.39 Å². The number of ether oxygens (including phenoxy) is 2. The topological polar surface area (TPSA) is 111 Å². The van der Waals surface area contributed by atoms with Gasteiger partial charge in [-0.15, -0.1) is 0 Å². The fraction of sp³-hybridized carbons (Fsp3) is 0.440. The number of carbonyl (C=O) groups excluding carboxylic acids is 1. The summed E-state index contributed by atoms with van der Waals surface area (Å²) in [7, 11) is -3.92. The van der Waals surface area contributed by atoms with E-state index in [1.807, 2.05) is 13.8 Å². The van der Waals surface area contributed by atoms with Crippen LogP contribution in [0.5, 0.6) is 5.75 Å². The lowest BCUT2D eigenvalue weighted by molar-refractivity contribution is -0.146. The number of aliphatic hydroxyl groups excluding tert-OH is 1. The van der Waals surface area contributed by atoms with Gasteiger partial charge in [0, 0.05) is 18.5 Å². The summed E-state index contributed by atoms with van der Waals surface area (Å²) in [5.74, 6) is -0.445. The van der Waals surface area contributed by atoms with Crippen LogP contribution in [0, 0.1) is 5.82 Å². The normalized spacial score (nSPS) is 18.9. The molecule has 1 fully saturated rings. The molecule has 3 aromatic rings. The molecule has 0 spiro atoms. The lowest BCUT2D eigenvalue weighted by atomic mass is 10.1. The zero-order chi connectivity index (χ0) is 26.2. The Labute approximate surface area is 209 Å². The highest BCUT2D eigenvalue weighted by Crippen LogP contribution is 2.32. The van der Waals surface area contributed by atoms with Gasteiger partial charge in [0.1, 0.15) is 11.6 Å². The molecule has 1 aromatic heterocycles. The minimum atomic E-state index is -3.92. The van der Waals surface area contributed by atoms with Crippen molar-refractivity contribution in [2.24, 2.45) is 0 Å². The number of halogens is 1. The third-order valence-corrected chi connectivity index (χ3v) is 7.64. The molecule has 36 heavy (non-hydrogen) atoms. The minimum absolute atomic E-state index is 0.0483. The van der Waals surface area contributed by atoms with Gasteiger partial charge in [-0.25, -0.2) is 12.8 Å². The van der Waals surface area contributed by atoms with Crippen LogP contribution in [0.15, 0.2) is 47.4 Å². The van der Waals surface area contributed by atoms with Crippen LogP contribution >= 0.6 is 0 Å². The Morgan fingerprint density at radius 3 is 2.44 bits per heavy atom. The number of hydrogen-bond donors (Lipinski definition) is 1. The maximum absolute atomic E-state index is 14.1. The molecule has 4 rings (SSSR count). The summed E-state index contributed by atoms with van der Waals surface area (Å²) >= 11 is 0. The van der Waals surface area contributed by atoms with E-state index in [-0.39, 0.29) is 36.6 Å². The van der Waals surface area contributed by atoms with E-state index in [2.05, 4.69) is 5.10 Å². The Kier molecular flexibility index (Phi) is 7.35. The number of sulfonamides is 1. The average molecular weight is 520 g/mol. The van der Waals surface area contributed by atoms with Gasteiger partial charge in [0.25, 0.3) is 0 Å². The quantitative estimate of drug-likeness (QED) is 0.456. The smallest absolute Gasteiger partial charge is 0.312 e. The van der Waals surface area contributed by atoms with Gasteiger partial charge in [-0.1, -0.05) is 0 Å². The van der Waals surface area contributed by atoms with Crippen molar-refractivity contribution in [3.05, 3.63) is 54.0 Å². The number of carbonyl (C=O) groups is 1. The molecule has 1 aliphatic heterocycles. The Balaban J connectivity index is 1.62. The summed E-state index contributed by atoms with van der Waals surface area (Å²) in [6, 6.07) is 9.36. The molecule has 0 aliphatic carbocycles. The molecule has 0 unspecified atom stereocenters. The second-order valence-corrected chi connectivity index (χ2v) is 11.3. The van der Waals surface area contributed by atoms with E-state index in [9.17, 15) is 22.7 Å². The van der Waals surface area contributed by atoms with Gasteiger partial charge >= 0.3 is 5.97 Å². The fourth-order valence-electron chi connectivity index (χ4n) is 4.28. The van der Waals surface area contributed by atoms with Crippen molar-refractivity contribution < 1.29 is 32.2 Å². The number of β-amino-alcohol motifs (C(OH)–C–C–N with tert-alkyl or cyclic N) is 1. The van der Waals surface area contributed by atoms with E-state index >= 15 is 0 Å². The van der Waals surface area contributed by atoms with Gasteiger partial charge in [-0.3, -0.25) is 9.48 Å². The maximum atomic E-state index is 14.1. The van der Waals surface area contributed by atoms with E-state index in [1.54, 1.807) is 26.0 Å². The molecule has 0 radical (unpaired) electrons. The van der Waals surface area contributed by atoms with Crippen LogP contribution in [0.25, 0.3) is 10.9 Å². The van der Waals surface area contributed by atoms with Crippen molar-refractivity contribution in [1.29, 1.82) is 0 Å². The number of esters is 1. The van der Waals surface area contributed by atoms with Crippen molar-refractivity contribution in [2.75, 3.05) is 13.1 Å². The van der Waals surface area contributed by atoms with Crippen LogP contribution in [0.1, 0.15) is 39.4 Å². The van der Waals surface area contributed by atoms with Crippen molar-refractivity contribution in [2.45, 2.75) is 63.4 Å². The molecule has 1 saturated heterocycles. The SMILES string of the molecule is CC(C)OC(=O)Cc1nn([C@H]2CN(S(=O)(=O)c3ccc(OC(C)C)cc3)C[C@@H]2O)c2cc(F)ccc12. The summed E-state index contributed by atoms with van der Waals surface area (Å²) in [6.45, 7) is 6.99. The first-order chi connectivity index (χ1) is 17.0. The van der Waals surface area contributed by atoms with E-state index in [0.29, 0.717) is 22.3 Å². The highest BCUT2D eigenvalue weighted by atomic mass is 32.2. The van der Waals surface area contributed by atoms with Crippen LogP contribution in [0.3, 0.4) is 0 Å². The molecule has 2 heterocycles. The third-order valence-electron chi connectivity index (χ3n) is 5.80. The lowest BCUT2D eigenvalue weighted by Crippen LogP contribution is -2.29. The van der Waals surface area contributed by atoms with Gasteiger partial charge in [0.2, 0.25) is 10.0 Å². The number of benzene rings is 2. The van der Waals surface area contributed by atoms with Crippen LogP contribution in [0.2, 0.25) is 0 Å². The van der Waals surface area contributed by atoms with Gasteiger partial charge in [0.15, 0.2) is 0 Å². The zero-order valence-electron chi connectivity index (χ0n) is 20.6. The second kappa shape index (κ2) is 10.2. The molecule has 0 bridgehead atoms. The summed E-state index contributed by atoms with van der Waals surface area (Å²) in [5, 5.41) is 15.9. The molecular weight excluding hydrogens is 489 g/mol. The molecule has 2 atom stereocenters. The molecule has 9 nitrogen and oxygen atoms in total. The van der Waals surface area contributed by atoms with Gasteiger partial charge < -0.3 is 14.6 Å². The molecule has 0 amide bonds. The number of rotatable bonds is 8. The number of nitrogens with zero attached hydrogens (tertiary/aromatic N) is 3. The van der Waals surface area contributed by atoms with Crippen molar-refractivity contribution in [1.82, 2.24) is 14.1 Å². The minimum Gasteiger partial charge on any atom is -0.491 e. The lowest BCUT2D eigenvalue weighted by Gasteiger charge is -2.17. The largest absolute Gasteiger partial charge is 0.491 e. The number of aliphatic hydroxyl groups is 1. The molecule has 0 saturated carbocycles. The van der Waals surface area contributed by atoms with E-state index in [4.69, 9.17) is 9.47 Å². The Morgan fingerprint density at radius 1 is 1.11 bits per heavy atom. The highest BCUT2D eigenvalue weighted by molar-refractivity contribution is 7.89. The molecule has 194 valence electrons. The molecule has 1 aliphatic rings. The van der Waals surface area contributed by atoms with Gasteiger partial charge in [0.05, 0.1) is 46.9 Å². The molecule has 1 N–H and O–H groups in total. The number of aromatic nitrogens is 2. The molecular formula is C25H30FN3O6S. The third kappa shape index (κ3) is 5.37. The van der Waals surface area contributed by atoms with Crippen molar-refractivity contribution in [3.8, 4) is 5.75 Å². The van der Waals surface area contributed by atoms with Gasteiger partial charge in [-0.2, -0.15) is 9.40 Å². The summed E-state index contributed by atoms with van der Waals surface area (Å²) < 4.78 is 54.1. The predicted octanol–water partition coefficient (Wildman–Crippen LogP) is 3.06. The van der Waals surface area contributed by atoms with Crippen LogP contribution in [-0.4, -0.2) is 65.0 Å². The fourth-order valence-corrected chi connectivity index (χ4v) is 5.76. The summed E-state index contributed by atoms with van der Waals surface area (Å²) in [4.78, 5) is 12.3. The molecule has 11 heteroatoms. The maximum Gasteiger partial charge on any atom is 0.312 e. The van der Waals surface area contributed by atoms with E-state index in [0.717, 1.165) is 0 Å². The van der Waals surface area contributed by atoms with Crippen LogP contribution in [-0.2, 0) is 26.0 Å². The summed E-state index contributed by atoms with van der Waals surface area (Å²) in [6.07, 6.45) is -1.58. The Bertz CT molecular complexity index is 1350. The number of hydrogen-bond acceptors (Lipinski definition) is 7. The van der Waals surface area contributed by atoms with Crippen LogP contribution < -0.4 is 4.74 Å². The zero-order valence-corrected chi connectivity index (χ0v) is 21.4. The molecule has 2 aromatic carbocycles. The van der Waals surface area contributed by atoms with E-state index in [1.165, 1.54) is 39.3 Å². The highest BCUT2D eigenvalue weighted by Gasteiger charge is 2.41. The van der Waals surface area contributed by atoms with E-state index < -0.39 is 34.0 Å². The predicted molar refractivity (Wildman–Crippen MR) is 131 cm³/mol. The first-order valence-electron chi connectivity index (χ1n) is 11.8. The Morgan fingerprint density at radius 2 is 1.81 bits per heavy atom. The Hall–Kier alpha value is -3.02. The number of fused-ring (bicyclic) bond motifs is 1.